The largest absolute Gasteiger partial charge is 0.508 e. The molecule has 0 aliphatic carbocycles. The highest BCUT2D eigenvalue weighted by molar-refractivity contribution is 5.77. The molecule has 1 aromatic carbocycles. The fourth-order valence-electron chi connectivity index (χ4n) is 1.59. The first-order valence-electron chi connectivity index (χ1n) is 4.93. The molecule has 1 aromatic rings. The molecule has 1 unspecified atom stereocenters. The maximum absolute atomic E-state index is 11.1. The number of esters is 1. The Hall–Kier alpha value is -1.55. The van der Waals surface area contributed by atoms with E-state index in [1.54, 1.807) is 18.2 Å². The molecular formula is C11H13NO3. The molecule has 1 aliphatic heterocycles. The lowest BCUT2D eigenvalue weighted by molar-refractivity contribution is -0.139. The molecule has 1 saturated heterocycles. The van der Waals surface area contributed by atoms with Crippen LogP contribution in [0.5, 0.6) is 5.75 Å². The fourth-order valence-corrected chi connectivity index (χ4v) is 1.59. The minimum absolute atomic E-state index is 0.185. The van der Waals surface area contributed by atoms with Crippen molar-refractivity contribution in [1.82, 2.24) is 5.32 Å². The number of carbonyl (C=O) groups excluding carboxylic acids is 1. The smallest absolute Gasteiger partial charge is 0.323 e. The van der Waals surface area contributed by atoms with E-state index in [2.05, 4.69) is 5.32 Å². The van der Waals surface area contributed by atoms with Crippen molar-refractivity contribution >= 4 is 5.97 Å². The van der Waals surface area contributed by atoms with Gasteiger partial charge in [-0.25, -0.2) is 0 Å². The number of carbonyl (C=O) groups is 1. The van der Waals surface area contributed by atoms with Crippen molar-refractivity contribution in [2.75, 3.05) is 6.61 Å². The van der Waals surface area contributed by atoms with Crippen LogP contribution in [0, 0.1) is 0 Å². The van der Waals surface area contributed by atoms with Crippen LogP contribution in [-0.4, -0.2) is 23.7 Å². The lowest BCUT2D eigenvalue weighted by Crippen LogP contribution is -2.32. The van der Waals surface area contributed by atoms with Crippen LogP contribution in [0.3, 0.4) is 0 Å². The molecule has 0 spiro atoms. The van der Waals surface area contributed by atoms with Crippen LogP contribution in [0.15, 0.2) is 24.3 Å². The second kappa shape index (κ2) is 4.31. The number of ether oxygens (including phenoxy) is 1. The molecular weight excluding hydrogens is 194 g/mol. The number of phenols is 1. The molecule has 2 rings (SSSR count). The van der Waals surface area contributed by atoms with Crippen molar-refractivity contribution in [2.45, 2.75) is 19.0 Å². The van der Waals surface area contributed by atoms with Gasteiger partial charge < -0.3 is 15.2 Å². The lowest BCUT2D eigenvalue weighted by atomic mass is 10.2. The molecule has 0 amide bonds. The number of hydrogen-bond donors (Lipinski definition) is 2. The summed E-state index contributed by atoms with van der Waals surface area (Å²) < 4.78 is 4.83. The molecule has 2 N–H and O–H groups in total. The molecule has 0 radical (unpaired) electrons. The summed E-state index contributed by atoms with van der Waals surface area (Å²) in [5.41, 5.74) is 0.953. The molecule has 0 bridgehead atoms. The van der Waals surface area contributed by atoms with Gasteiger partial charge in [0.25, 0.3) is 0 Å². The van der Waals surface area contributed by atoms with E-state index in [1.165, 1.54) is 0 Å². The summed E-state index contributed by atoms with van der Waals surface area (Å²) in [5, 5.41) is 12.3. The van der Waals surface area contributed by atoms with Crippen LogP contribution in [0.25, 0.3) is 0 Å². The van der Waals surface area contributed by atoms with Gasteiger partial charge in [0.2, 0.25) is 0 Å². The quantitative estimate of drug-likeness (QED) is 0.720. The highest BCUT2D eigenvalue weighted by Crippen LogP contribution is 2.12. The molecule has 1 aliphatic rings. The average molecular weight is 207 g/mol. The van der Waals surface area contributed by atoms with Crippen LogP contribution in [0.1, 0.15) is 12.0 Å². The van der Waals surface area contributed by atoms with Crippen LogP contribution in [-0.2, 0) is 16.1 Å². The first-order chi connectivity index (χ1) is 7.25. The number of cyclic esters (lactones) is 1. The van der Waals surface area contributed by atoms with Gasteiger partial charge >= 0.3 is 5.97 Å². The lowest BCUT2D eigenvalue weighted by Gasteiger charge is -2.08. The summed E-state index contributed by atoms with van der Waals surface area (Å²) in [6.07, 6.45) is 0.720. The maximum atomic E-state index is 11.1. The van der Waals surface area contributed by atoms with Gasteiger partial charge in [-0.15, -0.1) is 0 Å². The van der Waals surface area contributed by atoms with Gasteiger partial charge in [0.05, 0.1) is 6.61 Å². The molecule has 1 atom stereocenters. The predicted octanol–water partition coefficient (Wildman–Crippen LogP) is 0.797. The third-order valence-corrected chi connectivity index (χ3v) is 2.40. The second-order valence-electron chi connectivity index (χ2n) is 3.56. The van der Waals surface area contributed by atoms with Crippen LogP contribution in [0.4, 0.5) is 0 Å². The number of aromatic hydroxyl groups is 1. The minimum Gasteiger partial charge on any atom is -0.508 e. The van der Waals surface area contributed by atoms with Gasteiger partial charge in [-0.3, -0.25) is 4.79 Å². The molecule has 0 aromatic heterocycles. The van der Waals surface area contributed by atoms with E-state index < -0.39 is 0 Å². The van der Waals surface area contributed by atoms with Gasteiger partial charge in [0.15, 0.2) is 0 Å². The Morgan fingerprint density at radius 3 is 3.07 bits per heavy atom. The molecule has 1 heterocycles. The molecule has 80 valence electrons. The Morgan fingerprint density at radius 2 is 2.40 bits per heavy atom. The van der Waals surface area contributed by atoms with Crippen molar-refractivity contribution in [1.29, 1.82) is 0 Å². The first kappa shape index (κ1) is 9.98. The summed E-state index contributed by atoms with van der Waals surface area (Å²) in [5.74, 6) is 0.0541. The van der Waals surface area contributed by atoms with Crippen molar-refractivity contribution in [3.05, 3.63) is 29.8 Å². The zero-order valence-corrected chi connectivity index (χ0v) is 8.27. The molecule has 0 saturated carbocycles. The molecule has 1 fully saturated rings. The normalized spacial score (nSPS) is 20.3. The van der Waals surface area contributed by atoms with Crippen molar-refractivity contribution in [2.24, 2.45) is 0 Å². The van der Waals surface area contributed by atoms with Crippen LogP contribution < -0.4 is 5.32 Å². The number of rotatable bonds is 3. The Bertz CT molecular complexity index is 365. The van der Waals surface area contributed by atoms with E-state index in [0.717, 1.165) is 12.0 Å². The SMILES string of the molecule is O=C1OCCC1NCc1cccc(O)c1. The highest BCUT2D eigenvalue weighted by Gasteiger charge is 2.25. The third kappa shape index (κ3) is 2.47. The Kier molecular flexibility index (Phi) is 2.87. The monoisotopic (exact) mass is 207 g/mol. The Labute approximate surface area is 87.9 Å². The zero-order valence-electron chi connectivity index (χ0n) is 8.27. The van der Waals surface area contributed by atoms with Crippen molar-refractivity contribution in [3.8, 4) is 5.75 Å². The van der Waals surface area contributed by atoms with Gasteiger partial charge in [0, 0.05) is 13.0 Å². The third-order valence-electron chi connectivity index (χ3n) is 2.40. The zero-order chi connectivity index (χ0) is 10.7. The van der Waals surface area contributed by atoms with E-state index in [1.807, 2.05) is 6.07 Å². The standard InChI is InChI=1S/C11H13NO3/c13-9-3-1-2-8(6-9)7-12-10-4-5-15-11(10)14/h1-3,6,10,12-13H,4-5,7H2. The van der Waals surface area contributed by atoms with Gasteiger partial charge in [0.1, 0.15) is 11.8 Å². The average Bonchev–Trinajstić information content (AvgIpc) is 2.61. The van der Waals surface area contributed by atoms with Crippen LogP contribution in [0.2, 0.25) is 0 Å². The van der Waals surface area contributed by atoms with E-state index in [4.69, 9.17) is 4.74 Å². The summed E-state index contributed by atoms with van der Waals surface area (Å²) >= 11 is 0. The number of nitrogens with one attached hydrogen (secondary N) is 1. The predicted molar refractivity (Wildman–Crippen MR) is 54.3 cm³/mol. The van der Waals surface area contributed by atoms with Gasteiger partial charge in [-0.2, -0.15) is 0 Å². The minimum atomic E-state index is -0.202. The second-order valence-corrected chi connectivity index (χ2v) is 3.56. The van der Waals surface area contributed by atoms with E-state index >= 15 is 0 Å². The summed E-state index contributed by atoms with van der Waals surface area (Å²) in [6.45, 7) is 1.06. The number of benzene rings is 1. The van der Waals surface area contributed by atoms with E-state index in [-0.39, 0.29) is 17.8 Å². The topological polar surface area (TPSA) is 58.6 Å². The van der Waals surface area contributed by atoms with Gasteiger partial charge in [-0.1, -0.05) is 12.1 Å². The van der Waals surface area contributed by atoms with E-state index in [9.17, 15) is 9.90 Å². The highest BCUT2D eigenvalue weighted by atomic mass is 16.5. The molecule has 15 heavy (non-hydrogen) atoms. The first-order valence-corrected chi connectivity index (χ1v) is 4.93. The Morgan fingerprint density at radius 1 is 1.53 bits per heavy atom. The Balaban J connectivity index is 1.90. The summed E-state index contributed by atoms with van der Waals surface area (Å²) in [7, 11) is 0. The number of phenolic OH excluding ortho intramolecular Hbond substituents is 1. The van der Waals surface area contributed by atoms with Crippen molar-refractivity contribution < 1.29 is 14.6 Å². The summed E-state index contributed by atoms with van der Waals surface area (Å²) in [4.78, 5) is 11.1. The fraction of sp³-hybridized carbons (Fsp3) is 0.364. The van der Waals surface area contributed by atoms with Crippen molar-refractivity contribution in [3.63, 3.8) is 0 Å². The van der Waals surface area contributed by atoms with E-state index in [0.29, 0.717) is 13.2 Å². The molecule has 4 heteroatoms. The summed E-state index contributed by atoms with van der Waals surface area (Å²) in [6, 6.07) is 6.76. The maximum Gasteiger partial charge on any atom is 0.323 e. The van der Waals surface area contributed by atoms with Crippen LogP contribution >= 0.6 is 0 Å². The van der Waals surface area contributed by atoms with Gasteiger partial charge in [-0.05, 0) is 17.7 Å². The molecule has 4 nitrogen and oxygen atoms in total. The number of hydrogen-bond acceptors (Lipinski definition) is 4.